The first-order valence-electron chi connectivity index (χ1n) is 21.0. The Morgan fingerprint density at radius 3 is 1.55 bits per heavy atom. The topological polar surface area (TPSA) is 169 Å². The molecule has 328 valence electrons. The molecule has 0 aliphatic carbocycles. The van der Waals surface area contributed by atoms with E-state index in [0.29, 0.717) is 32.1 Å². The van der Waals surface area contributed by atoms with E-state index in [1.54, 1.807) is 6.08 Å². The molecule has 58 heavy (non-hydrogen) atoms. The summed E-state index contributed by atoms with van der Waals surface area (Å²) in [5.41, 5.74) is 0. The number of hydrogen-bond donors (Lipinski definition) is 4. The van der Waals surface area contributed by atoms with Crippen molar-refractivity contribution in [2.45, 2.75) is 141 Å². The maximum absolute atomic E-state index is 12.6. The fourth-order valence-electron chi connectivity index (χ4n) is 4.68. The third-order valence-electron chi connectivity index (χ3n) is 8.07. The summed E-state index contributed by atoms with van der Waals surface area (Å²) >= 11 is 0. The average Bonchev–Trinajstić information content (AvgIpc) is 3.21. The zero-order valence-corrected chi connectivity index (χ0v) is 36.0. The van der Waals surface area contributed by atoms with Gasteiger partial charge in [0.15, 0.2) is 6.10 Å². The smallest absolute Gasteiger partial charge is 0.462 e. The minimum Gasteiger partial charge on any atom is -0.462 e. The van der Waals surface area contributed by atoms with Crippen molar-refractivity contribution in [3.63, 3.8) is 0 Å². The number of esters is 2. The van der Waals surface area contributed by atoms with E-state index >= 15 is 0 Å². The van der Waals surface area contributed by atoms with Crippen LogP contribution in [-0.2, 0) is 32.7 Å². The third kappa shape index (κ3) is 39.4. The molecule has 12 heteroatoms. The fourth-order valence-corrected chi connectivity index (χ4v) is 5.47. The van der Waals surface area contributed by atoms with Gasteiger partial charge in [-0.1, -0.05) is 136 Å². The Kier molecular flexibility index (Phi) is 38.0. The van der Waals surface area contributed by atoms with Crippen molar-refractivity contribution in [2.75, 3.05) is 26.4 Å². The molecule has 0 amide bonds. The molecule has 4 atom stereocenters. The van der Waals surface area contributed by atoms with Gasteiger partial charge in [-0.25, -0.2) is 4.57 Å². The Bertz CT molecular complexity index is 1340. The van der Waals surface area contributed by atoms with Gasteiger partial charge in [0.2, 0.25) is 0 Å². The second-order valence-corrected chi connectivity index (χ2v) is 14.9. The predicted molar refractivity (Wildman–Crippen MR) is 234 cm³/mol. The Morgan fingerprint density at radius 2 is 1.05 bits per heavy atom. The van der Waals surface area contributed by atoms with Crippen LogP contribution in [-0.4, -0.2) is 76.9 Å². The monoisotopic (exact) mass is 832 g/mol. The number of aliphatic hydroxyl groups excluding tert-OH is 3. The molecule has 1 unspecified atom stereocenters. The van der Waals surface area contributed by atoms with E-state index in [1.807, 2.05) is 49.5 Å². The lowest BCUT2D eigenvalue weighted by Gasteiger charge is -2.20. The molecule has 11 nitrogen and oxygen atoms in total. The highest BCUT2D eigenvalue weighted by Crippen LogP contribution is 2.43. The second-order valence-electron chi connectivity index (χ2n) is 13.5. The molecule has 0 saturated heterocycles. The van der Waals surface area contributed by atoms with E-state index in [0.717, 1.165) is 44.9 Å². The van der Waals surface area contributed by atoms with Gasteiger partial charge < -0.3 is 29.7 Å². The lowest BCUT2D eigenvalue weighted by atomic mass is 10.2. The van der Waals surface area contributed by atoms with Crippen LogP contribution in [0.2, 0.25) is 0 Å². The molecule has 0 aromatic carbocycles. The SMILES string of the molecule is CCCCC/C=C\C/C=C\C/C=C\C/C=C\CCCC(=O)O[C@H](COC(=O)CCC/C=C\C/C=C\C/C=C\C/C=C\C=C\[C@@H](O)CC)COP(=O)(O)OC[C@@H](O)CO. The van der Waals surface area contributed by atoms with E-state index < -0.39 is 57.9 Å². The number of phosphoric acid groups is 1. The first kappa shape index (κ1) is 54.6. The fraction of sp³-hybridized carbons (Fsp3) is 0.565. The van der Waals surface area contributed by atoms with Crippen LogP contribution in [0.3, 0.4) is 0 Å². The standard InChI is InChI=1S/C46H73O11P/c1-3-5-6-7-8-9-10-11-12-13-14-19-22-25-28-31-34-37-46(51)57-44(41-56-58(52,53)55-39-43(49)38-47)40-54-45(50)36-33-30-27-24-21-18-16-15-17-20-23-26-29-32-35-42(48)4-2/h8-9,11-12,14,16-20,24-29,32,35,42-44,47-49H,3-7,10,13,15,21-23,30-31,33-34,36-41H2,1-2H3,(H,52,53)/b9-8-,12-11-,18-16-,19-14-,20-17-,27-24-,28-25-,29-26-,35-32+/t42-,43-,44+/m0/s1. The number of allylic oxidation sites excluding steroid dienone is 17. The highest BCUT2D eigenvalue weighted by Gasteiger charge is 2.27. The Labute approximate surface area is 348 Å². The maximum atomic E-state index is 12.6. The first-order chi connectivity index (χ1) is 28.1. The molecular weight excluding hydrogens is 759 g/mol. The molecule has 0 aliphatic heterocycles. The van der Waals surface area contributed by atoms with E-state index in [4.69, 9.17) is 19.1 Å². The lowest BCUT2D eigenvalue weighted by Crippen LogP contribution is -2.29. The summed E-state index contributed by atoms with van der Waals surface area (Å²) in [7, 11) is -4.66. The largest absolute Gasteiger partial charge is 0.472 e. The summed E-state index contributed by atoms with van der Waals surface area (Å²) in [5, 5.41) is 27.8. The maximum Gasteiger partial charge on any atom is 0.472 e. The van der Waals surface area contributed by atoms with Gasteiger partial charge in [0.1, 0.15) is 12.7 Å². The minimum atomic E-state index is -4.66. The number of unbranched alkanes of at least 4 members (excludes halogenated alkanes) is 5. The van der Waals surface area contributed by atoms with Crippen LogP contribution in [0.1, 0.15) is 123 Å². The highest BCUT2D eigenvalue weighted by atomic mass is 31.2. The number of carbonyl (C=O) groups is 2. The quantitative estimate of drug-likeness (QED) is 0.0155. The van der Waals surface area contributed by atoms with Gasteiger partial charge in [-0.2, -0.15) is 0 Å². The summed E-state index contributed by atoms with van der Waals surface area (Å²) in [5.74, 6) is -1.09. The van der Waals surface area contributed by atoms with Crippen molar-refractivity contribution in [2.24, 2.45) is 0 Å². The molecule has 0 radical (unpaired) electrons. The minimum absolute atomic E-state index is 0.0819. The van der Waals surface area contributed by atoms with Crippen LogP contribution in [0.5, 0.6) is 0 Å². The molecular formula is C46H73O11P. The van der Waals surface area contributed by atoms with Gasteiger partial charge >= 0.3 is 19.8 Å². The number of rotatable bonds is 37. The van der Waals surface area contributed by atoms with Gasteiger partial charge in [0.05, 0.1) is 25.9 Å². The van der Waals surface area contributed by atoms with Crippen LogP contribution in [0.4, 0.5) is 0 Å². The number of aliphatic hydroxyl groups is 3. The summed E-state index contributed by atoms with van der Waals surface area (Å²) in [4.78, 5) is 34.9. The molecule has 0 saturated carbocycles. The molecule has 0 bridgehead atoms. The number of ether oxygens (including phenoxy) is 2. The predicted octanol–water partition coefficient (Wildman–Crippen LogP) is 9.97. The third-order valence-corrected chi connectivity index (χ3v) is 9.02. The zero-order chi connectivity index (χ0) is 42.8. The number of carbonyl (C=O) groups excluding carboxylic acids is 2. The van der Waals surface area contributed by atoms with E-state index in [-0.39, 0.29) is 19.4 Å². The van der Waals surface area contributed by atoms with Gasteiger partial charge in [0, 0.05) is 12.8 Å². The number of hydrogen-bond acceptors (Lipinski definition) is 10. The van der Waals surface area contributed by atoms with Crippen molar-refractivity contribution < 1.29 is 52.9 Å². The second kappa shape index (κ2) is 40.4. The van der Waals surface area contributed by atoms with Gasteiger partial charge in [-0.3, -0.25) is 18.6 Å². The zero-order valence-electron chi connectivity index (χ0n) is 35.1. The molecule has 0 heterocycles. The number of phosphoric ester groups is 1. The lowest BCUT2D eigenvalue weighted by molar-refractivity contribution is -0.161. The van der Waals surface area contributed by atoms with Crippen LogP contribution in [0.25, 0.3) is 0 Å². The van der Waals surface area contributed by atoms with E-state index in [2.05, 4.69) is 72.2 Å². The first-order valence-corrected chi connectivity index (χ1v) is 22.4. The van der Waals surface area contributed by atoms with Crippen LogP contribution >= 0.6 is 7.82 Å². The normalized spacial score (nSPS) is 15.5. The van der Waals surface area contributed by atoms with E-state index in [1.165, 1.54) is 19.3 Å². The van der Waals surface area contributed by atoms with Gasteiger partial charge in [-0.05, 0) is 83.5 Å². The summed E-state index contributed by atoms with van der Waals surface area (Å²) in [6, 6.07) is 0. The van der Waals surface area contributed by atoms with Crippen LogP contribution < -0.4 is 0 Å². The van der Waals surface area contributed by atoms with E-state index in [9.17, 15) is 29.3 Å². The summed E-state index contributed by atoms with van der Waals surface area (Å²) in [6.07, 6.45) is 47.3. The van der Waals surface area contributed by atoms with Crippen molar-refractivity contribution in [3.05, 3.63) is 109 Å². The van der Waals surface area contributed by atoms with Gasteiger partial charge in [-0.15, -0.1) is 0 Å². The van der Waals surface area contributed by atoms with Crippen LogP contribution in [0.15, 0.2) is 109 Å². The van der Waals surface area contributed by atoms with Crippen molar-refractivity contribution in [3.8, 4) is 0 Å². The van der Waals surface area contributed by atoms with Gasteiger partial charge in [0.25, 0.3) is 0 Å². The molecule has 4 N–H and O–H groups in total. The van der Waals surface area contributed by atoms with Crippen molar-refractivity contribution in [1.82, 2.24) is 0 Å². The van der Waals surface area contributed by atoms with Crippen molar-refractivity contribution >= 4 is 19.8 Å². The van der Waals surface area contributed by atoms with Crippen molar-refractivity contribution in [1.29, 1.82) is 0 Å². The summed E-state index contributed by atoms with van der Waals surface area (Å²) < 4.78 is 32.5. The average molecular weight is 833 g/mol. The highest BCUT2D eigenvalue weighted by molar-refractivity contribution is 7.47. The molecule has 0 rings (SSSR count). The molecule has 0 fully saturated rings. The Balaban J connectivity index is 4.55. The molecule has 0 spiro atoms. The Morgan fingerprint density at radius 1 is 0.586 bits per heavy atom. The Hall–Kier alpha value is -3.41. The molecule has 0 aromatic rings. The summed E-state index contributed by atoms with van der Waals surface area (Å²) in [6.45, 7) is 1.85. The molecule has 0 aliphatic rings. The molecule has 0 aromatic heterocycles. The van der Waals surface area contributed by atoms with Crippen LogP contribution in [0, 0.1) is 0 Å².